The standard InChI is InChI=1S/C20H26N2O2S/c1-16(23)22(20(2,3)4)15-19(24)21(14-18-11-8-12-25-18)13-17-9-6-5-7-10-17/h5-12H,13-15H2,1-4H3. The molecule has 4 nitrogen and oxygen atoms in total. The first-order chi connectivity index (χ1) is 11.8. The highest BCUT2D eigenvalue weighted by molar-refractivity contribution is 7.09. The van der Waals surface area contributed by atoms with Crippen molar-refractivity contribution in [3.8, 4) is 0 Å². The third-order valence-electron chi connectivity index (χ3n) is 3.98. The predicted octanol–water partition coefficient (Wildman–Crippen LogP) is 3.92. The van der Waals surface area contributed by atoms with Gasteiger partial charge in [-0.3, -0.25) is 9.59 Å². The Hall–Kier alpha value is -2.14. The van der Waals surface area contributed by atoms with Gasteiger partial charge in [-0.1, -0.05) is 36.4 Å². The number of rotatable bonds is 6. The van der Waals surface area contributed by atoms with Gasteiger partial charge in [0.15, 0.2) is 0 Å². The Morgan fingerprint density at radius 3 is 2.20 bits per heavy atom. The number of benzene rings is 1. The van der Waals surface area contributed by atoms with Gasteiger partial charge in [-0.2, -0.15) is 0 Å². The van der Waals surface area contributed by atoms with E-state index >= 15 is 0 Å². The van der Waals surface area contributed by atoms with Crippen molar-refractivity contribution in [2.24, 2.45) is 0 Å². The van der Waals surface area contributed by atoms with E-state index < -0.39 is 0 Å². The van der Waals surface area contributed by atoms with Crippen LogP contribution in [0, 0.1) is 0 Å². The van der Waals surface area contributed by atoms with E-state index in [0.717, 1.165) is 10.4 Å². The number of carbonyl (C=O) groups excluding carboxylic acids is 2. The van der Waals surface area contributed by atoms with Crippen LogP contribution in [-0.4, -0.2) is 33.7 Å². The molecule has 0 fully saturated rings. The average Bonchev–Trinajstić information content (AvgIpc) is 3.04. The molecule has 2 amide bonds. The van der Waals surface area contributed by atoms with Crippen LogP contribution >= 0.6 is 11.3 Å². The molecule has 0 radical (unpaired) electrons. The van der Waals surface area contributed by atoms with Crippen molar-refractivity contribution >= 4 is 23.2 Å². The Bertz CT molecular complexity index is 690. The van der Waals surface area contributed by atoms with Crippen LogP contribution in [0.25, 0.3) is 0 Å². The molecule has 0 aliphatic heterocycles. The fourth-order valence-corrected chi connectivity index (χ4v) is 3.40. The lowest BCUT2D eigenvalue weighted by Gasteiger charge is -2.36. The molecule has 134 valence electrons. The van der Waals surface area contributed by atoms with E-state index in [9.17, 15) is 9.59 Å². The third-order valence-corrected chi connectivity index (χ3v) is 4.84. The van der Waals surface area contributed by atoms with Gasteiger partial charge < -0.3 is 9.80 Å². The molecule has 0 bridgehead atoms. The fourth-order valence-electron chi connectivity index (χ4n) is 2.68. The summed E-state index contributed by atoms with van der Waals surface area (Å²) in [4.78, 5) is 29.5. The highest BCUT2D eigenvalue weighted by Crippen LogP contribution is 2.18. The Kier molecular flexibility index (Phi) is 6.37. The van der Waals surface area contributed by atoms with Gasteiger partial charge in [-0.25, -0.2) is 0 Å². The monoisotopic (exact) mass is 358 g/mol. The average molecular weight is 359 g/mol. The van der Waals surface area contributed by atoms with E-state index in [1.807, 2.05) is 73.5 Å². The largest absolute Gasteiger partial charge is 0.332 e. The normalized spacial score (nSPS) is 11.2. The van der Waals surface area contributed by atoms with E-state index in [0.29, 0.717) is 13.1 Å². The summed E-state index contributed by atoms with van der Waals surface area (Å²) in [5.41, 5.74) is 0.695. The lowest BCUT2D eigenvalue weighted by Crippen LogP contribution is -2.50. The molecule has 0 saturated heterocycles. The van der Waals surface area contributed by atoms with Crippen molar-refractivity contribution in [3.63, 3.8) is 0 Å². The summed E-state index contributed by atoms with van der Waals surface area (Å²) in [6.45, 7) is 8.54. The highest BCUT2D eigenvalue weighted by atomic mass is 32.1. The SMILES string of the molecule is CC(=O)N(CC(=O)N(Cc1ccccc1)Cc1cccs1)C(C)(C)C. The van der Waals surface area contributed by atoms with E-state index in [1.165, 1.54) is 6.92 Å². The smallest absolute Gasteiger partial charge is 0.242 e. The van der Waals surface area contributed by atoms with Gasteiger partial charge in [0.1, 0.15) is 6.54 Å². The molecule has 0 atom stereocenters. The third kappa shape index (κ3) is 5.71. The van der Waals surface area contributed by atoms with Crippen LogP contribution in [0.3, 0.4) is 0 Å². The van der Waals surface area contributed by atoms with Crippen LogP contribution in [0.4, 0.5) is 0 Å². The molecule has 1 heterocycles. The van der Waals surface area contributed by atoms with Gasteiger partial charge in [0.05, 0.1) is 6.54 Å². The second-order valence-electron chi connectivity index (χ2n) is 7.09. The van der Waals surface area contributed by atoms with E-state index in [4.69, 9.17) is 0 Å². The topological polar surface area (TPSA) is 40.6 Å². The fraction of sp³-hybridized carbons (Fsp3) is 0.400. The first-order valence-corrected chi connectivity index (χ1v) is 9.27. The van der Waals surface area contributed by atoms with Gasteiger partial charge in [0.2, 0.25) is 11.8 Å². The minimum atomic E-state index is -0.386. The van der Waals surface area contributed by atoms with Gasteiger partial charge in [-0.05, 0) is 37.8 Å². The zero-order valence-corrected chi connectivity index (χ0v) is 16.2. The van der Waals surface area contributed by atoms with Gasteiger partial charge in [0, 0.05) is 23.9 Å². The molecule has 1 aromatic heterocycles. The molecule has 5 heteroatoms. The number of hydrogen-bond acceptors (Lipinski definition) is 3. The quantitative estimate of drug-likeness (QED) is 0.785. The van der Waals surface area contributed by atoms with Crippen molar-refractivity contribution < 1.29 is 9.59 Å². The van der Waals surface area contributed by atoms with Crippen LogP contribution in [0.15, 0.2) is 47.8 Å². The lowest BCUT2D eigenvalue weighted by atomic mass is 10.1. The molecule has 0 aliphatic carbocycles. The Morgan fingerprint density at radius 1 is 1.00 bits per heavy atom. The molecule has 0 N–H and O–H groups in total. The van der Waals surface area contributed by atoms with Crippen molar-refractivity contribution in [3.05, 3.63) is 58.3 Å². The number of thiophene rings is 1. The summed E-state index contributed by atoms with van der Waals surface area (Å²) >= 11 is 1.64. The summed E-state index contributed by atoms with van der Waals surface area (Å²) < 4.78 is 0. The molecule has 0 aliphatic rings. The lowest BCUT2D eigenvalue weighted by molar-refractivity contribution is -0.144. The molecule has 0 spiro atoms. The van der Waals surface area contributed by atoms with E-state index in [1.54, 1.807) is 16.2 Å². The zero-order valence-electron chi connectivity index (χ0n) is 15.4. The molecule has 0 saturated carbocycles. The van der Waals surface area contributed by atoms with Crippen LogP contribution in [0.1, 0.15) is 38.1 Å². The van der Waals surface area contributed by atoms with Crippen molar-refractivity contribution in [1.29, 1.82) is 0 Å². The summed E-state index contributed by atoms with van der Waals surface area (Å²) in [5, 5.41) is 2.01. The van der Waals surface area contributed by atoms with Crippen LogP contribution in [-0.2, 0) is 22.7 Å². The molecular formula is C20H26N2O2S. The summed E-state index contributed by atoms with van der Waals surface area (Å²) in [6.07, 6.45) is 0. The number of carbonyl (C=O) groups is 2. The molecule has 2 aromatic rings. The number of amides is 2. The molecule has 0 unspecified atom stereocenters. The first-order valence-electron chi connectivity index (χ1n) is 8.39. The zero-order chi connectivity index (χ0) is 18.4. The van der Waals surface area contributed by atoms with Crippen LogP contribution in [0.5, 0.6) is 0 Å². The van der Waals surface area contributed by atoms with E-state index in [2.05, 4.69) is 0 Å². The van der Waals surface area contributed by atoms with Gasteiger partial charge >= 0.3 is 0 Å². The van der Waals surface area contributed by atoms with Gasteiger partial charge in [0.25, 0.3) is 0 Å². The summed E-state index contributed by atoms with van der Waals surface area (Å²) in [7, 11) is 0. The molecular weight excluding hydrogens is 332 g/mol. The van der Waals surface area contributed by atoms with Crippen molar-refractivity contribution in [1.82, 2.24) is 9.80 Å². The minimum Gasteiger partial charge on any atom is -0.332 e. The Morgan fingerprint density at radius 2 is 1.68 bits per heavy atom. The Balaban J connectivity index is 2.18. The summed E-state index contributed by atoms with van der Waals surface area (Å²) in [6, 6.07) is 14.0. The van der Waals surface area contributed by atoms with Crippen LogP contribution < -0.4 is 0 Å². The molecule has 1 aromatic carbocycles. The van der Waals surface area contributed by atoms with E-state index in [-0.39, 0.29) is 23.9 Å². The number of nitrogens with zero attached hydrogens (tertiary/aromatic N) is 2. The van der Waals surface area contributed by atoms with Crippen LogP contribution in [0.2, 0.25) is 0 Å². The van der Waals surface area contributed by atoms with Crippen molar-refractivity contribution in [2.45, 2.75) is 46.3 Å². The van der Waals surface area contributed by atoms with Crippen molar-refractivity contribution in [2.75, 3.05) is 6.54 Å². The Labute approximate surface area is 154 Å². The number of hydrogen-bond donors (Lipinski definition) is 0. The molecule has 2 rings (SSSR count). The molecule has 25 heavy (non-hydrogen) atoms. The maximum absolute atomic E-state index is 13.0. The minimum absolute atomic E-state index is 0.0395. The predicted molar refractivity (Wildman–Crippen MR) is 102 cm³/mol. The van der Waals surface area contributed by atoms with Gasteiger partial charge in [-0.15, -0.1) is 11.3 Å². The maximum atomic E-state index is 13.0. The second kappa shape index (κ2) is 8.30. The maximum Gasteiger partial charge on any atom is 0.242 e. The highest BCUT2D eigenvalue weighted by Gasteiger charge is 2.28. The second-order valence-corrected chi connectivity index (χ2v) is 8.12. The summed E-state index contributed by atoms with van der Waals surface area (Å²) in [5.74, 6) is -0.126. The first kappa shape index (κ1) is 19.2.